The summed E-state index contributed by atoms with van der Waals surface area (Å²) in [5.74, 6) is 0.0806. The van der Waals surface area contributed by atoms with Crippen LogP contribution in [-0.4, -0.2) is 59.6 Å². The number of benzene rings is 2. The normalized spacial score (nSPS) is 16.2. The Bertz CT molecular complexity index is 930. The third-order valence-electron chi connectivity index (χ3n) is 5.37. The molecule has 5 nitrogen and oxygen atoms in total. The standard InChI is InChI=1S/C25H29N3O2/c1-19(2)16-28(25(30)18-27-12-11-24(29)17-27)13-10-20-6-8-22(9-7-20)23-5-3-4-21(14-23)15-26/h3-9,14,24,29H,1,10-13,16-18H2,2H3. The molecule has 0 aromatic heterocycles. The number of nitrogens with zero attached hydrogens (tertiary/aromatic N) is 3. The van der Waals surface area contributed by atoms with Gasteiger partial charge in [0.2, 0.25) is 5.91 Å². The van der Waals surface area contributed by atoms with Crippen LogP contribution in [0.4, 0.5) is 0 Å². The first-order valence-electron chi connectivity index (χ1n) is 10.4. The van der Waals surface area contributed by atoms with Crippen molar-refractivity contribution in [1.29, 1.82) is 5.26 Å². The first-order valence-corrected chi connectivity index (χ1v) is 10.4. The zero-order chi connectivity index (χ0) is 21.5. The Morgan fingerprint density at radius 2 is 2.03 bits per heavy atom. The Balaban J connectivity index is 1.61. The predicted octanol–water partition coefficient (Wildman–Crippen LogP) is 3.24. The van der Waals surface area contributed by atoms with Crippen molar-refractivity contribution in [2.24, 2.45) is 0 Å². The molecule has 1 N–H and O–H groups in total. The van der Waals surface area contributed by atoms with Crippen LogP contribution in [0.1, 0.15) is 24.5 Å². The molecule has 1 amide bonds. The minimum absolute atomic E-state index is 0.0806. The van der Waals surface area contributed by atoms with Crippen molar-refractivity contribution in [2.45, 2.75) is 25.9 Å². The molecule has 1 unspecified atom stereocenters. The van der Waals surface area contributed by atoms with Gasteiger partial charge in [-0.25, -0.2) is 0 Å². The molecule has 2 aromatic carbocycles. The molecule has 5 heteroatoms. The smallest absolute Gasteiger partial charge is 0.237 e. The quantitative estimate of drug-likeness (QED) is 0.687. The fourth-order valence-electron chi connectivity index (χ4n) is 3.76. The number of rotatable bonds is 8. The Labute approximate surface area is 178 Å². The highest BCUT2D eigenvalue weighted by molar-refractivity contribution is 5.78. The number of hydrogen-bond donors (Lipinski definition) is 1. The monoisotopic (exact) mass is 403 g/mol. The molecular formula is C25H29N3O2. The van der Waals surface area contributed by atoms with Gasteiger partial charge < -0.3 is 10.0 Å². The molecular weight excluding hydrogens is 374 g/mol. The number of carbonyl (C=O) groups is 1. The van der Waals surface area contributed by atoms with E-state index in [-0.39, 0.29) is 12.0 Å². The van der Waals surface area contributed by atoms with Crippen molar-refractivity contribution < 1.29 is 9.90 Å². The van der Waals surface area contributed by atoms with Gasteiger partial charge in [-0.3, -0.25) is 9.69 Å². The summed E-state index contributed by atoms with van der Waals surface area (Å²) in [7, 11) is 0. The van der Waals surface area contributed by atoms with E-state index in [1.54, 1.807) is 6.07 Å². The van der Waals surface area contributed by atoms with Crippen LogP contribution in [0.3, 0.4) is 0 Å². The predicted molar refractivity (Wildman–Crippen MR) is 119 cm³/mol. The van der Waals surface area contributed by atoms with Gasteiger partial charge in [0.25, 0.3) is 0 Å². The van der Waals surface area contributed by atoms with Crippen molar-refractivity contribution >= 4 is 5.91 Å². The van der Waals surface area contributed by atoms with Crippen LogP contribution in [0.15, 0.2) is 60.7 Å². The van der Waals surface area contributed by atoms with Gasteiger partial charge in [0.15, 0.2) is 0 Å². The van der Waals surface area contributed by atoms with Gasteiger partial charge in [-0.1, -0.05) is 48.6 Å². The lowest BCUT2D eigenvalue weighted by molar-refractivity contribution is -0.131. The summed E-state index contributed by atoms with van der Waals surface area (Å²) in [5, 5.41) is 18.8. The fraction of sp³-hybridized carbons (Fsp3) is 0.360. The van der Waals surface area contributed by atoms with E-state index in [0.717, 1.165) is 41.6 Å². The van der Waals surface area contributed by atoms with Gasteiger partial charge in [-0.15, -0.1) is 0 Å². The molecule has 0 bridgehead atoms. The third-order valence-corrected chi connectivity index (χ3v) is 5.37. The molecule has 2 aromatic rings. The van der Waals surface area contributed by atoms with Gasteiger partial charge in [0.1, 0.15) is 0 Å². The maximum atomic E-state index is 12.8. The molecule has 3 rings (SSSR count). The summed E-state index contributed by atoms with van der Waals surface area (Å²) in [6.07, 6.45) is 1.18. The van der Waals surface area contributed by atoms with Crippen LogP contribution >= 0.6 is 0 Å². The summed E-state index contributed by atoms with van der Waals surface area (Å²) in [6, 6.07) is 18.0. The first-order chi connectivity index (χ1) is 14.4. The van der Waals surface area contributed by atoms with E-state index in [1.165, 1.54) is 0 Å². The second-order valence-electron chi connectivity index (χ2n) is 8.09. The van der Waals surface area contributed by atoms with Crippen molar-refractivity contribution in [3.63, 3.8) is 0 Å². The minimum Gasteiger partial charge on any atom is -0.392 e. The van der Waals surface area contributed by atoms with Crippen LogP contribution < -0.4 is 0 Å². The van der Waals surface area contributed by atoms with Gasteiger partial charge in [0, 0.05) is 26.2 Å². The van der Waals surface area contributed by atoms with Crippen LogP contribution in [0, 0.1) is 11.3 Å². The number of hydrogen-bond acceptors (Lipinski definition) is 4. The number of aliphatic hydroxyl groups is 1. The van der Waals surface area contributed by atoms with E-state index in [0.29, 0.717) is 31.7 Å². The number of likely N-dealkylation sites (tertiary alicyclic amines) is 1. The van der Waals surface area contributed by atoms with E-state index >= 15 is 0 Å². The molecule has 0 radical (unpaired) electrons. The van der Waals surface area contributed by atoms with Crippen LogP contribution in [0.25, 0.3) is 11.1 Å². The summed E-state index contributed by atoms with van der Waals surface area (Å²) in [5.41, 5.74) is 4.85. The zero-order valence-electron chi connectivity index (χ0n) is 17.6. The lowest BCUT2D eigenvalue weighted by Gasteiger charge is -2.25. The summed E-state index contributed by atoms with van der Waals surface area (Å²) >= 11 is 0. The molecule has 156 valence electrons. The summed E-state index contributed by atoms with van der Waals surface area (Å²) in [4.78, 5) is 16.7. The highest BCUT2D eigenvalue weighted by atomic mass is 16.3. The average Bonchev–Trinajstić information content (AvgIpc) is 3.15. The van der Waals surface area contributed by atoms with Crippen molar-refractivity contribution in [2.75, 3.05) is 32.7 Å². The fourth-order valence-corrected chi connectivity index (χ4v) is 3.76. The van der Waals surface area contributed by atoms with Crippen molar-refractivity contribution in [3.05, 3.63) is 71.8 Å². The van der Waals surface area contributed by atoms with E-state index in [1.807, 2.05) is 34.9 Å². The van der Waals surface area contributed by atoms with Crippen LogP contribution in [0.5, 0.6) is 0 Å². The van der Waals surface area contributed by atoms with Gasteiger partial charge in [0.05, 0.1) is 24.3 Å². The molecule has 1 saturated heterocycles. The average molecular weight is 404 g/mol. The number of aliphatic hydroxyl groups excluding tert-OH is 1. The third kappa shape index (κ3) is 6.03. The molecule has 1 heterocycles. The largest absolute Gasteiger partial charge is 0.392 e. The maximum absolute atomic E-state index is 12.8. The molecule has 1 fully saturated rings. The Kier molecular flexibility index (Phi) is 7.40. The van der Waals surface area contributed by atoms with E-state index in [9.17, 15) is 9.90 Å². The topological polar surface area (TPSA) is 67.6 Å². The molecule has 0 aliphatic carbocycles. The van der Waals surface area contributed by atoms with Crippen molar-refractivity contribution in [3.8, 4) is 17.2 Å². The van der Waals surface area contributed by atoms with Gasteiger partial charge >= 0.3 is 0 Å². The lowest BCUT2D eigenvalue weighted by Crippen LogP contribution is -2.41. The Hall–Kier alpha value is -2.94. The van der Waals surface area contributed by atoms with Crippen LogP contribution in [-0.2, 0) is 11.2 Å². The SMILES string of the molecule is C=C(C)CN(CCc1ccc(-c2cccc(C#N)c2)cc1)C(=O)CN1CCC(O)C1. The van der Waals surface area contributed by atoms with Gasteiger partial charge in [-0.05, 0) is 48.6 Å². The molecule has 0 saturated carbocycles. The Morgan fingerprint density at radius 1 is 1.27 bits per heavy atom. The second kappa shape index (κ2) is 10.2. The molecule has 1 atom stereocenters. The molecule has 1 aliphatic rings. The second-order valence-corrected chi connectivity index (χ2v) is 8.09. The van der Waals surface area contributed by atoms with E-state index in [2.05, 4.69) is 36.9 Å². The number of carbonyl (C=O) groups excluding carboxylic acids is 1. The zero-order valence-corrected chi connectivity index (χ0v) is 17.6. The number of nitriles is 1. The first kappa shape index (κ1) is 21.8. The highest BCUT2D eigenvalue weighted by Gasteiger charge is 2.24. The highest BCUT2D eigenvalue weighted by Crippen LogP contribution is 2.21. The number of β-amino-alcohol motifs (C(OH)–C–C–N with tert-alkyl or cyclic N) is 1. The van der Waals surface area contributed by atoms with E-state index < -0.39 is 0 Å². The summed E-state index contributed by atoms with van der Waals surface area (Å²) < 4.78 is 0. The maximum Gasteiger partial charge on any atom is 0.237 e. The minimum atomic E-state index is -0.320. The summed E-state index contributed by atoms with van der Waals surface area (Å²) in [6.45, 7) is 8.76. The molecule has 1 aliphatic heterocycles. The van der Waals surface area contributed by atoms with Gasteiger partial charge in [-0.2, -0.15) is 5.26 Å². The van der Waals surface area contributed by atoms with Crippen LogP contribution in [0.2, 0.25) is 0 Å². The lowest BCUT2D eigenvalue weighted by atomic mass is 10.0. The van der Waals surface area contributed by atoms with E-state index in [4.69, 9.17) is 5.26 Å². The number of amides is 1. The van der Waals surface area contributed by atoms with Crippen molar-refractivity contribution in [1.82, 2.24) is 9.80 Å². The molecule has 30 heavy (non-hydrogen) atoms. The Morgan fingerprint density at radius 3 is 2.67 bits per heavy atom. The molecule has 0 spiro atoms.